The van der Waals surface area contributed by atoms with Gasteiger partial charge in [-0.15, -0.1) is 0 Å². The fourth-order valence-electron chi connectivity index (χ4n) is 1.75. The van der Waals surface area contributed by atoms with E-state index in [4.69, 9.17) is 0 Å². The van der Waals surface area contributed by atoms with E-state index in [1.165, 1.54) is 0 Å². The molecule has 106 valence electrons. The third-order valence-electron chi connectivity index (χ3n) is 2.74. The largest absolute Gasteiger partial charge is 0.356 e. The number of hydrogen-bond acceptors (Lipinski definition) is 2. The van der Waals surface area contributed by atoms with Crippen molar-refractivity contribution in [1.82, 2.24) is 10.2 Å². The molecule has 4 nitrogen and oxygen atoms in total. The Balaban J connectivity index is 3.82. The molecule has 0 unspecified atom stereocenters. The number of nitrogens with one attached hydrogen (secondary N) is 1. The average Bonchev–Trinajstić information content (AvgIpc) is 2.29. The topological polar surface area (TPSA) is 49.4 Å². The van der Waals surface area contributed by atoms with Crippen LogP contribution >= 0.6 is 0 Å². The van der Waals surface area contributed by atoms with E-state index in [2.05, 4.69) is 26.1 Å². The van der Waals surface area contributed by atoms with Crippen molar-refractivity contribution in [3.63, 3.8) is 0 Å². The van der Waals surface area contributed by atoms with Gasteiger partial charge < -0.3 is 10.2 Å². The number of carbonyl (C=O) groups excluding carboxylic acids is 2. The molecule has 0 radical (unpaired) electrons. The maximum Gasteiger partial charge on any atom is 0.221 e. The Morgan fingerprint density at radius 1 is 1.22 bits per heavy atom. The zero-order valence-electron chi connectivity index (χ0n) is 12.3. The summed E-state index contributed by atoms with van der Waals surface area (Å²) in [5.74, 6) is 0.519. The van der Waals surface area contributed by atoms with E-state index in [-0.39, 0.29) is 11.8 Å². The van der Waals surface area contributed by atoms with E-state index in [9.17, 15) is 9.59 Å². The minimum absolute atomic E-state index is 0.0427. The first-order chi connectivity index (χ1) is 8.47. The second-order valence-corrected chi connectivity index (χ2v) is 5.17. The van der Waals surface area contributed by atoms with Gasteiger partial charge >= 0.3 is 0 Å². The first-order valence-corrected chi connectivity index (χ1v) is 6.99. The molecule has 0 aromatic carbocycles. The molecule has 0 saturated heterocycles. The monoisotopic (exact) mass is 256 g/mol. The van der Waals surface area contributed by atoms with Crippen LogP contribution in [0.5, 0.6) is 0 Å². The molecule has 0 spiro atoms. The summed E-state index contributed by atoms with van der Waals surface area (Å²) >= 11 is 0. The van der Waals surface area contributed by atoms with Crippen molar-refractivity contribution >= 4 is 11.8 Å². The molecule has 0 rings (SSSR count). The van der Waals surface area contributed by atoms with Crippen LogP contribution in [0.15, 0.2) is 0 Å². The first kappa shape index (κ1) is 16.9. The Hall–Kier alpha value is -1.06. The van der Waals surface area contributed by atoms with Crippen molar-refractivity contribution in [2.45, 2.75) is 53.4 Å². The minimum Gasteiger partial charge on any atom is -0.356 e. The highest BCUT2D eigenvalue weighted by Crippen LogP contribution is 2.00. The van der Waals surface area contributed by atoms with Crippen LogP contribution in [0.4, 0.5) is 0 Å². The van der Waals surface area contributed by atoms with Gasteiger partial charge in [-0.25, -0.2) is 0 Å². The zero-order chi connectivity index (χ0) is 14.0. The van der Waals surface area contributed by atoms with Gasteiger partial charge in [0, 0.05) is 33.0 Å². The number of hydrogen-bond donors (Lipinski definition) is 1. The summed E-state index contributed by atoms with van der Waals surface area (Å²) in [6.07, 6.45) is 3.73. The Kier molecular flexibility index (Phi) is 9.33. The molecule has 0 aliphatic rings. The molecule has 0 aromatic rings. The quantitative estimate of drug-likeness (QED) is 0.643. The Morgan fingerprint density at radius 3 is 2.39 bits per heavy atom. The summed E-state index contributed by atoms with van der Waals surface area (Å²) < 4.78 is 0. The maximum absolute atomic E-state index is 11.6. The van der Waals surface area contributed by atoms with Crippen molar-refractivity contribution in [3.8, 4) is 0 Å². The summed E-state index contributed by atoms with van der Waals surface area (Å²) in [6.45, 7) is 9.82. The number of amides is 2. The average molecular weight is 256 g/mol. The summed E-state index contributed by atoms with van der Waals surface area (Å²) in [6, 6.07) is 0. The molecule has 1 N–H and O–H groups in total. The highest BCUT2D eigenvalue weighted by molar-refractivity contribution is 5.77. The van der Waals surface area contributed by atoms with E-state index in [1.807, 2.05) is 0 Å². The van der Waals surface area contributed by atoms with Gasteiger partial charge in [-0.3, -0.25) is 9.59 Å². The molecular weight excluding hydrogens is 228 g/mol. The fraction of sp³-hybridized carbons (Fsp3) is 0.857. The molecule has 0 bridgehead atoms. The lowest BCUT2D eigenvalue weighted by atomic mass is 10.2. The SMILES string of the molecule is CCCCCNC(=O)CCN(CC(C)C)C(C)=O. The molecule has 0 atom stereocenters. The van der Waals surface area contributed by atoms with Crippen LogP contribution in [0, 0.1) is 5.92 Å². The summed E-state index contributed by atoms with van der Waals surface area (Å²) in [5.41, 5.74) is 0. The molecule has 0 fully saturated rings. The van der Waals surface area contributed by atoms with Gasteiger partial charge in [-0.2, -0.15) is 0 Å². The zero-order valence-corrected chi connectivity index (χ0v) is 12.3. The van der Waals surface area contributed by atoms with Gasteiger partial charge in [-0.05, 0) is 12.3 Å². The van der Waals surface area contributed by atoms with Crippen LogP contribution in [0.2, 0.25) is 0 Å². The molecule has 0 aliphatic carbocycles. The van der Waals surface area contributed by atoms with Gasteiger partial charge in [-0.1, -0.05) is 33.6 Å². The van der Waals surface area contributed by atoms with Gasteiger partial charge in [0.25, 0.3) is 0 Å². The number of rotatable bonds is 9. The molecule has 0 heterocycles. The van der Waals surface area contributed by atoms with E-state index >= 15 is 0 Å². The van der Waals surface area contributed by atoms with E-state index in [1.54, 1.807) is 11.8 Å². The Bertz CT molecular complexity index is 252. The molecule has 2 amide bonds. The van der Waals surface area contributed by atoms with Crippen molar-refractivity contribution in [3.05, 3.63) is 0 Å². The van der Waals surface area contributed by atoms with Gasteiger partial charge in [0.2, 0.25) is 11.8 Å². The molecular formula is C14H28N2O2. The van der Waals surface area contributed by atoms with Crippen LogP contribution in [-0.2, 0) is 9.59 Å². The van der Waals surface area contributed by atoms with Crippen molar-refractivity contribution in [2.75, 3.05) is 19.6 Å². The normalized spacial score (nSPS) is 10.5. The molecule has 0 aliphatic heterocycles. The second kappa shape index (κ2) is 9.92. The van der Waals surface area contributed by atoms with Crippen LogP contribution < -0.4 is 5.32 Å². The predicted octanol–water partition coefficient (Wildman–Crippen LogP) is 2.19. The van der Waals surface area contributed by atoms with Crippen molar-refractivity contribution in [2.24, 2.45) is 5.92 Å². The van der Waals surface area contributed by atoms with Crippen molar-refractivity contribution in [1.29, 1.82) is 0 Å². The van der Waals surface area contributed by atoms with Crippen LogP contribution in [0.25, 0.3) is 0 Å². The standard InChI is InChI=1S/C14H28N2O2/c1-5-6-7-9-15-14(18)8-10-16(13(4)17)11-12(2)3/h12H,5-11H2,1-4H3,(H,15,18). The highest BCUT2D eigenvalue weighted by Gasteiger charge is 2.12. The lowest BCUT2D eigenvalue weighted by Crippen LogP contribution is -2.36. The second-order valence-electron chi connectivity index (χ2n) is 5.17. The summed E-state index contributed by atoms with van der Waals surface area (Å²) in [7, 11) is 0. The van der Waals surface area contributed by atoms with Crippen LogP contribution in [-0.4, -0.2) is 36.3 Å². The highest BCUT2D eigenvalue weighted by atomic mass is 16.2. The summed E-state index contributed by atoms with van der Waals surface area (Å²) in [5, 5.41) is 2.89. The lowest BCUT2D eigenvalue weighted by Gasteiger charge is -2.22. The molecule has 0 aromatic heterocycles. The number of carbonyl (C=O) groups is 2. The maximum atomic E-state index is 11.6. The molecule has 4 heteroatoms. The fourth-order valence-corrected chi connectivity index (χ4v) is 1.75. The third kappa shape index (κ3) is 9.02. The first-order valence-electron chi connectivity index (χ1n) is 6.99. The third-order valence-corrected chi connectivity index (χ3v) is 2.74. The van der Waals surface area contributed by atoms with E-state index in [0.717, 1.165) is 32.4 Å². The van der Waals surface area contributed by atoms with Crippen LogP contribution in [0.1, 0.15) is 53.4 Å². The minimum atomic E-state index is 0.0427. The van der Waals surface area contributed by atoms with Gasteiger partial charge in [0.1, 0.15) is 0 Å². The van der Waals surface area contributed by atoms with E-state index in [0.29, 0.717) is 18.9 Å². The van der Waals surface area contributed by atoms with E-state index < -0.39 is 0 Å². The lowest BCUT2D eigenvalue weighted by molar-refractivity contribution is -0.130. The predicted molar refractivity (Wildman–Crippen MR) is 74.2 cm³/mol. The Labute approximate surface area is 111 Å². The Morgan fingerprint density at radius 2 is 1.89 bits per heavy atom. The molecule has 0 saturated carbocycles. The van der Waals surface area contributed by atoms with Gasteiger partial charge in [0.15, 0.2) is 0 Å². The van der Waals surface area contributed by atoms with Crippen LogP contribution in [0.3, 0.4) is 0 Å². The number of nitrogens with zero attached hydrogens (tertiary/aromatic N) is 1. The smallest absolute Gasteiger partial charge is 0.221 e. The van der Waals surface area contributed by atoms with Gasteiger partial charge in [0.05, 0.1) is 0 Å². The number of unbranched alkanes of at least 4 members (excludes halogenated alkanes) is 2. The molecule has 18 heavy (non-hydrogen) atoms. The van der Waals surface area contributed by atoms with Crippen molar-refractivity contribution < 1.29 is 9.59 Å². The summed E-state index contributed by atoms with van der Waals surface area (Å²) in [4.78, 5) is 24.7.